The van der Waals surface area contributed by atoms with Crippen LogP contribution < -0.4 is 0 Å². The van der Waals surface area contributed by atoms with Crippen molar-refractivity contribution in [1.29, 1.82) is 0 Å². The maximum absolute atomic E-state index is 13.1. The van der Waals surface area contributed by atoms with Crippen LogP contribution in [0.3, 0.4) is 0 Å². The summed E-state index contributed by atoms with van der Waals surface area (Å²) < 4.78 is 56.0. The highest BCUT2D eigenvalue weighted by atomic mass is 32.2. The molecular formula is C17H25NO5S2. The number of nitrogens with zero attached hydrogens (tertiary/aromatic N) is 1. The van der Waals surface area contributed by atoms with Crippen molar-refractivity contribution in [2.24, 2.45) is 0 Å². The molecule has 0 unspecified atom stereocenters. The number of hydrogen-bond acceptors (Lipinski definition) is 6. The van der Waals surface area contributed by atoms with Crippen LogP contribution in [0.4, 0.5) is 0 Å². The summed E-state index contributed by atoms with van der Waals surface area (Å²) in [6, 6.07) is 6.33. The summed E-state index contributed by atoms with van der Waals surface area (Å²) in [6.07, 6.45) is 0. The molecule has 2 saturated heterocycles. The van der Waals surface area contributed by atoms with E-state index in [1.807, 2.05) is 30.9 Å². The molecule has 1 aromatic carbocycles. The second-order valence-corrected chi connectivity index (χ2v) is 11.4. The average Bonchev–Trinajstić information content (AvgIpc) is 2.92. The van der Waals surface area contributed by atoms with Crippen molar-refractivity contribution >= 4 is 19.7 Å². The number of hydrogen-bond donors (Lipinski definition) is 0. The van der Waals surface area contributed by atoms with E-state index in [4.69, 9.17) is 4.74 Å². The zero-order valence-electron chi connectivity index (χ0n) is 14.6. The molecule has 2 aliphatic heterocycles. The molecule has 6 nitrogen and oxygen atoms in total. The smallest absolute Gasteiger partial charge is 0.183 e. The molecule has 0 aliphatic carbocycles. The minimum absolute atomic E-state index is 0.0963. The minimum Gasteiger partial charge on any atom is -0.379 e. The number of rotatable bonds is 4. The topological polar surface area (TPSA) is 80.8 Å². The summed E-state index contributed by atoms with van der Waals surface area (Å²) >= 11 is 0. The van der Waals surface area contributed by atoms with Crippen molar-refractivity contribution < 1.29 is 21.6 Å². The molecule has 0 N–H and O–H groups in total. The molecule has 1 aromatic rings. The molecular weight excluding hydrogens is 362 g/mol. The second-order valence-electron chi connectivity index (χ2n) is 7.10. The van der Waals surface area contributed by atoms with Crippen molar-refractivity contribution in [3.05, 3.63) is 29.8 Å². The van der Waals surface area contributed by atoms with Gasteiger partial charge in [-0.25, -0.2) is 16.8 Å². The zero-order chi connectivity index (χ0) is 18.2. The van der Waals surface area contributed by atoms with E-state index in [9.17, 15) is 16.8 Å². The lowest BCUT2D eigenvalue weighted by Gasteiger charge is -2.34. The molecule has 0 amide bonds. The third-order valence-electron chi connectivity index (χ3n) is 5.06. The van der Waals surface area contributed by atoms with Gasteiger partial charge in [0.2, 0.25) is 0 Å². The average molecular weight is 388 g/mol. The van der Waals surface area contributed by atoms with Crippen molar-refractivity contribution in [3.63, 3.8) is 0 Å². The normalized spacial score (nSPS) is 27.6. The van der Waals surface area contributed by atoms with Gasteiger partial charge in [0.05, 0.1) is 34.9 Å². The lowest BCUT2D eigenvalue weighted by Crippen LogP contribution is -2.50. The van der Waals surface area contributed by atoms with Gasteiger partial charge in [-0.3, -0.25) is 4.90 Å². The fraction of sp³-hybridized carbons (Fsp3) is 0.647. The molecule has 2 atom stereocenters. The van der Waals surface area contributed by atoms with Crippen LogP contribution >= 0.6 is 0 Å². The quantitative estimate of drug-likeness (QED) is 0.769. The fourth-order valence-electron chi connectivity index (χ4n) is 3.56. The van der Waals surface area contributed by atoms with Crippen molar-refractivity contribution in [3.8, 4) is 0 Å². The lowest BCUT2D eigenvalue weighted by atomic mass is 10.0. The molecule has 0 saturated carbocycles. The van der Waals surface area contributed by atoms with E-state index >= 15 is 0 Å². The maximum atomic E-state index is 13.1. The first-order chi connectivity index (χ1) is 11.7. The van der Waals surface area contributed by atoms with Crippen LogP contribution in [0.1, 0.15) is 25.3 Å². The van der Waals surface area contributed by atoms with E-state index in [0.29, 0.717) is 32.2 Å². The predicted octanol–water partition coefficient (Wildman–Crippen LogP) is 1.08. The van der Waals surface area contributed by atoms with Gasteiger partial charge in [-0.05, 0) is 23.6 Å². The summed E-state index contributed by atoms with van der Waals surface area (Å²) in [5, 5.41) is -0.916. The number of morpholine rings is 1. The van der Waals surface area contributed by atoms with Gasteiger partial charge in [0.15, 0.2) is 19.7 Å². The molecule has 0 radical (unpaired) electrons. The van der Waals surface area contributed by atoms with Gasteiger partial charge in [-0.1, -0.05) is 26.0 Å². The van der Waals surface area contributed by atoms with Crippen LogP contribution in [0.5, 0.6) is 0 Å². The van der Waals surface area contributed by atoms with Crippen LogP contribution in [0.15, 0.2) is 29.2 Å². The molecule has 140 valence electrons. The Hall–Kier alpha value is -0.960. The van der Waals surface area contributed by atoms with Crippen molar-refractivity contribution in [2.45, 2.75) is 36.0 Å². The first kappa shape index (κ1) is 18.8. The SMILES string of the molecule is CC(C)c1ccc(S(=O)(=O)[C@H]2CS(=O)(=O)C[C@@H]2N2CCOCC2)cc1. The van der Waals surface area contributed by atoms with Crippen LogP contribution in [-0.4, -0.2) is 70.8 Å². The second kappa shape index (κ2) is 6.98. The molecule has 0 bridgehead atoms. The molecule has 8 heteroatoms. The van der Waals surface area contributed by atoms with Crippen molar-refractivity contribution in [1.82, 2.24) is 4.90 Å². The van der Waals surface area contributed by atoms with Crippen LogP contribution in [-0.2, 0) is 24.4 Å². The monoisotopic (exact) mass is 387 g/mol. The van der Waals surface area contributed by atoms with Crippen molar-refractivity contribution in [2.75, 3.05) is 37.8 Å². The van der Waals surface area contributed by atoms with E-state index in [-0.39, 0.29) is 16.4 Å². The van der Waals surface area contributed by atoms with Gasteiger partial charge < -0.3 is 4.74 Å². The van der Waals surface area contributed by atoms with Gasteiger partial charge in [0, 0.05) is 19.1 Å². The molecule has 2 heterocycles. The van der Waals surface area contributed by atoms with Gasteiger partial charge >= 0.3 is 0 Å². The molecule has 25 heavy (non-hydrogen) atoms. The van der Waals surface area contributed by atoms with Gasteiger partial charge in [-0.2, -0.15) is 0 Å². The summed E-state index contributed by atoms with van der Waals surface area (Å²) in [7, 11) is -7.08. The van der Waals surface area contributed by atoms with Crippen LogP contribution in [0, 0.1) is 0 Å². The Morgan fingerprint density at radius 1 is 1.08 bits per heavy atom. The minimum atomic E-state index is -3.71. The van der Waals surface area contributed by atoms with Gasteiger partial charge in [0.25, 0.3) is 0 Å². The summed E-state index contributed by atoms with van der Waals surface area (Å²) in [6.45, 7) is 6.23. The standard InChI is InChI=1S/C17H25NO5S2/c1-13(2)14-3-5-15(6-4-14)25(21,22)17-12-24(19,20)11-16(17)18-7-9-23-10-8-18/h3-6,13,16-17H,7-12H2,1-2H3/t16-,17-/m0/s1. The summed E-state index contributed by atoms with van der Waals surface area (Å²) in [4.78, 5) is 2.16. The van der Waals surface area contributed by atoms with E-state index in [0.717, 1.165) is 5.56 Å². The van der Waals surface area contributed by atoms with E-state index < -0.39 is 31.0 Å². The van der Waals surface area contributed by atoms with Crippen LogP contribution in [0.2, 0.25) is 0 Å². The van der Waals surface area contributed by atoms with E-state index in [1.54, 1.807) is 12.1 Å². The highest BCUT2D eigenvalue weighted by Crippen LogP contribution is 2.30. The fourth-order valence-corrected chi connectivity index (χ4v) is 8.39. The Balaban J connectivity index is 1.92. The predicted molar refractivity (Wildman–Crippen MR) is 96.3 cm³/mol. The lowest BCUT2D eigenvalue weighted by molar-refractivity contribution is 0.0222. The number of benzene rings is 1. The summed E-state index contributed by atoms with van der Waals surface area (Å²) in [5.74, 6) is -0.0886. The number of ether oxygens (including phenoxy) is 1. The largest absolute Gasteiger partial charge is 0.379 e. The zero-order valence-corrected chi connectivity index (χ0v) is 16.2. The molecule has 2 aliphatic rings. The van der Waals surface area contributed by atoms with Gasteiger partial charge in [0.1, 0.15) is 0 Å². The first-order valence-electron chi connectivity index (χ1n) is 8.57. The summed E-state index contributed by atoms with van der Waals surface area (Å²) in [5.41, 5.74) is 1.06. The van der Waals surface area contributed by atoms with Gasteiger partial charge in [-0.15, -0.1) is 0 Å². The third-order valence-corrected chi connectivity index (χ3v) is 9.20. The molecule has 0 aromatic heterocycles. The molecule has 3 rings (SSSR count). The Morgan fingerprint density at radius 2 is 1.68 bits per heavy atom. The molecule has 2 fully saturated rings. The Morgan fingerprint density at radius 3 is 2.24 bits per heavy atom. The van der Waals surface area contributed by atoms with E-state index in [2.05, 4.69) is 0 Å². The molecule has 0 spiro atoms. The third kappa shape index (κ3) is 3.92. The Kier molecular flexibility index (Phi) is 5.26. The first-order valence-corrected chi connectivity index (χ1v) is 11.9. The maximum Gasteiger partial charge on any atom is 0.183 e. The Bertz CT molecular complexity index is 809. The van der Waals surface area contributed by atoms with E-state index in [1.165, 1.54) is 0 Å². The Labute approximate surface area is 150 Å². The number of sulfone groups is 2. The highest BCUT2D eigenvalue weighted by molar-refractivity contribution is 7.96. The highest BCUT2D eigenvalue weighted by Gasteiger charge is 2.48. The van der Waals surface area contributed by atoms with Crippen LogP contribution in [0.25, 0.3) is 0 Å².